The Kier molecular flexibility index (Phi) is 5.15. The number of nitrogens with one attached hydrogen (secondary N) is 2. The molecule has 0 bridgehead atoms. The normalized spacial score (nSPS) is 10.2. The minimum atomic E-state index is -0.876. The topological polar surface area (TPSA) is 58.2 Å². The van der Waals surface area contributed by atoms with Gasteiger partial charge in [-0.3, -0.25) is 9.59 Å². The van der Waals surface area contributed by atoms with Crippen LogP contribution in [0.5, 0.6) is 0 Å². The lowest BCUT2D eigenvalue weighted by atomic mass is 10.2. The Hall–Kier alpha value is -1.92. The van der Waals surface area contributed by atoms with Crippen LogP contribution in [0.3, 0.4) is 0 Å². The maximum atomic E-state index is 13.0. The first-order valence-corrected chi connectivity index (χ1v) is 7.37. The Morgan fingerprint density at radius 3 is 2.14 bits per heavy atom. The molecule has 4 nitrogen and oxygen atoms in total. The third kappa shape index (κ3) is 4.05. The van der Waals surface area contributed by atoms with Gasteiger partial charge in [-0.1, -0.05) is 33.6 Å². The van der Waals surface area contributed by atoms with Crippen molar-refractivity contribution in [2.75, 3.05) is 10.6 Å². The highest BCUT2D eigenvalue weighted by Gasteiger charge is 2.15. The van der Waals surface area contributed by atoms with Crippen molar-refractivity contribution in [3.8, 4) is 0 Å². The van der Waals surface area contributed by atoms with Crippen LogP contribution in [0.4, 0.5) is 15.8 Å². The number of hydrogen-bond acceptors (Lipinski definition) is 2. The minimum absolute atomic E-state index is 0.138. The van der Waals surface area contributed by atoms with Crippen molar-refractivity contribution >= 4 is 50.7 Å². The number of rotatable bonds is 2. The number of carbonyl (C=O) groups excluding carboxylic acids is 2. The van der Waals surface area contributed by atoms with E-state index in [9.17, 15) is 14.0 Å². The summed E-state index contributed by atoms with van der Waals surface area (Å²) in [4.78, 5) is 23.6. The van der Waals surface area contributed by atoms with E-state index in [0.29, 0.717) is 5.69 Å². The molecule has 2 rings (SSSR count). The van der Waals surface area contributed by atoms with E-state index < -0.39 is 17.6 Å². The average Bonchev–Trinajstić information content (AvgIpc) is 2.46. The van der Waals surface area contributed by atoms with Crippen LogP contribution in [0.15, 0.2) is 40.9 Å². The van der Waals surface area contributed by atoms with Gasteiger partial charge in [0.2, 0.25) is 0 Å². The second-order valence-corrected chi connectivity index (χ2v) is 5.76. The fourth-order valence-electron chi connectivity index (χ4n) is 1.62. The van der Waals surface area contributed by atoms with E-state index in [2.05, 4.69) is 26.6 Å². The van der Waals surface area contributed by atoms with Crippen LogP contribution in [-0.2, 0) is 9.59 Å². The van der Waals surface area contributed by atoms with Crippen LogP contribution in [0.25, 0.3) is 0 Å². The molecule has 0 saturated carbocycles. The van der Waals surface area contributed by atoms with Gasteiger partial charge < -0.3 is 10.6 Å². The molecule has 7 heteroatoms. The van der Waals surface area contributed by atoms with Gasteiger partial charge in [-0.15, -0.1) is 0 Å². The number of carbonyl (C=O) groups is 2. The fourth-order valence-corrected chi connectivity index (χ4v) is 2.18. The summed E-state index contributed by atoms with van der Waals surface area (Å²) in [7, 11) is 0. The average molecular weight is 386 g/mol. The lowest BCUT2D eigenvalue weighted by Crippen LogP contribution is -2.29. The Bertz CT molecular complexity index is 689. The summed E-state index contributed by atoms with van der Waals surface area (Å²) >= 11 is 8.95. The molecule has 2 aromatic carbocycles. The zero-order valence-corrected chi connectivity index (χ0v) is 13.8. The number of hydrogen-bond donors (Lipinski definition) is 2. The maximum Gasteiger partial charge on any atom is 0.314 e. The zero-order valence-electron chi connectivity index (χ0n) is 11.4. The van der Waals surface area contributed by atoms with Crippen molar-refractivity contribution < 1.29 is 14.0 Å². The Morgan fingerprint density at radius 1 is 1.05 bits per heavy atom. The van der Waals surface area contributed by atoms with Crippen molar-refractivity contribution in [3.63, 3.8) is 0 Å². The molecule has 114 valence electrons. The Labute approximate surface area is 139 Å². The smallest absolute Gasteiger partial charge is 0.314 e. The summed E-state index contributed by atoms with van der Waals surface area (Å²) in [5.41, 5.74) is 1.72. The third-order valence-corrected chi connectivity index (χ3v) is 3.96. The van der Waals surface area contributed by atoms with E-state index in [0.717, 1.165) is 16.1 Å². The monoisotopic (exact) mass is 384 g/mol. The molecule has 0 aromatic heterocycles. The molecule has 2 amide bonds. The summed E-state index contributed by atoms with van der Waals surface area (Å²) in [5, 5.41) is 4.67. The van der Waals surface area contributed by atoms with Crippen molar-refractivity contribution in [3.05, 3.63) is 57.3 Å². The molecular formula is C15H11BrClFN2O2. The van der Waals surface area contributed by atoms with Crippen LogP contribution in [0.1, 0.15) is 5.56 Å². The van der Waals surface area contributed by atoms with E-state index in [-0.39, 0.29) is 10.7 Å². The summed E-state index contributed by atoms with van der Waals surface area (Å²) < 4.78 is 13.8. The molecule has 0 aliphatic heterocycles. The summed E-state index contributed by atoms with van der Waals surface area (Å²) in [6.07, 6.45) is 0. The van der Waals surface area contributed by atoms with Crippen molar-refractivity contribution in [1.29, 1.82) is 0 Å². The fraction of sp³-hybridized carbons (Fsp3) is 0.0667. The van der Waals surface area contributed by atoms with Gasteiger partial charge in [0.05, 0.1) is 5.02 Å². The second kappa shape index (κ2) is 6.89. The quantitative estimate of drug-likeness (QED) is 0.764. The maximum absolute atomic E-state index is 13.0. The van der Waals surface area contributed by atoms with Crippen LogP contribution >= 0.6 is 27.5 Å². The van der Waals surface area contributed by atoms with Gasteiger partial charge in [-0.05, 0) is 42.8 Å². The number of aryl methyl sites for hydroxylation is 1. The highest BCUT2D eigenvalue weighted by Crippen LogP contribution is 2.21. The molecule has 0 fully saturated rings. The second-order valence-electron chi connectivity index (χ2n) is 4.50. The third-order valence-electron chi connectivity index (χ3n) is 2.81. The lowest BCUT2D eigenvalue weighted by molar-refractivity contribution is -0.132. The van der Waals surface area contributed by atoms with E-state index >= 15 is 0 Å². The molecule has 2 aromatic rings. The van der Waals surface area contributed by atoms with Gasteiger partial charge in [-0.25, -0.2) is 4.39 Å². The predicted molar refractivity (Wildman–Crippen MR) is 87.5 cm³/mol. The molecule has 0 aliphatic rings. The minimum Gasteiger partial charge on any atom is -0.318 e. The Balaban J connectivity index is 2.04. The first kappa shape index (κ1) is 16.5. The van der Waals surface area contributed by atoms with Gasteiger partial charge in [0.15, 0.2) is 0 Å². The molecule has 22 heavy (non-hydrogen) atoms. The first-order chi connectivity index (χ1) is 10.4. The largest absolute Gasteiger partial charge is 0.318 e. The van der Waals surface area contributed by atoms with Gasteiger partial charge >= 0.3 is 11.8 Å². The molecule has 2 N–H and O–H groups in total. The summed E-state index contributed by atoms with van der Waals surface area (Å²) in [6.45, 7) is 1.90. The lowest BCUT2D eigenvalue weighted by Gasteiger charge is -2.08. The molecule has 0 radical (unpaired) electrons. The van der Waals surface area contributed by atoms with Crippen LogP contribution in [0.2, 0.25) is 5.02 Å². The van der Waals surface area contributed by atoms with Crippen LogP contribution < -0.4 is 10.6 Å². The van der Waals surface area contributed by atoms with Crippen molar-refractivity contribution in [2.45, 2.75) is 6.92 Å². The number of halogens is 3. The van der Waals surface area contributed by atoms with E-state index in [1.165, 1.54) is 12.1 Å². The SMILES string of the molecule is Cc1ccc(NC(=O)C(=O)Nc2ccc(F)c(Cl)c2)cc1Br. The first-order valence-electron chi connectivity index (χ1n) is 6.20. The van der Waals surface area contributed by atoms with Gasteiger partial charge in [0, 0.05) is 15.8 Å². The van der Waals surface area contributed by atoms with Crippen molar-refractivity contribution in [1.82, 2.24) is 0 Å². The highest BCUT2D eigenvalue weighted by molar-refractivity contribution is 9.10. The molecule has 0 spiro atoms. The van der Waals surface area contributed by atoms with E-state index in [1.807, 2.05) is 6.92 Å². The molecular weight excluding hydrogens is 375 g/mol. The van der Waals surface area contributed by atoms with Gasteiger partial charge in [0.1, 0.15) is 5.82 Å². The summed E-state index contributed by atoms with van der Waals surface area (Å²) in [6, 6.07) is 8.82. The highest BCUT2D eigenvalue weighted by atomic mass is 79.9. The molecule has 0 unspecified atom stereocenters. The predicted octanol–water partition coefficient (Wildman–Crippen LogP) is 4.13. The Morgan fingerprint density at radius 2 is 1.59 bits per heavy atom. The zero-order chi connectivity index (χ0) is 16.3. The van der Waals surface area contributed by atoms with E-state index in [4.69, 9.17) is 11.6 Å². The molecule has 0 saturated heterocycles. The van der Waals surface area contributed by atoms with Crippen LogP contribution in [0, 0.1) is 12.7 Å². The van der Waals surface area contributed by atoms with Crippen molar-refractivity contribution in [2.24, 2.45) is 0 Å². The number of benzene rings is 2. The van der Waals surface area contributed by atoms with E-state index in [1.54, 1.807) is 18.2 Å². The standard InChI is InChI=1S/C15H11BrClFN2O2/c1-8-2-3-9(6-11(8)16)19-14(21)15(22)20-10-4-5-13(18)12(17)7-10/h2-7H,1H3,(H,19,21)(H,20,22). The number of amides is 2. The number of anilines is 2. The molecule has 0 atom stereocenters. The summed E-state index contributed by atoms with van der Waals surface area (Å²) in [5.74, 6) is -2.32. The molecule has 0 heterocycles. The van der Waals surface area contributed by atoms with Gasteiger partial charge in [0.25, 0.3) is 0 Å². The molecule has 0 aliphatic carbocycles. The van der Waals surface area contributed by atoms with Crippen LogP contribution in [-0.4, -0.2) is 11.8 Å². The van der Waals surface area contributed by atoms with Gasteiger partial charge in [-0.2, -0.15) is 0 Å².